The number of para-hydroxylation sites is 1. The van der Waals surface area contributed by atoms with Gasteiger partial charge < -0.3 is 19.6 Å². The molecular formula is C29H29ClN2O5. The van der Waals surface area contributed by atoms with Crippen LogP contribution in [0.3, 0.4) is 0 Å². The molecule has 1 N–H and O–H groups in total. The number of rotatable bonds is 8. The Morgan fingerprint density at radius 3 is 2.35 bits per heavy atom. The third kappa shape index (κ3) is 5.94. The Balaban J connectivity index is 1.59. The van der Waals surface area contributed by atoms with Gasteiger partial charge in [0, 0.05) is 41.3 Å². The zero-order chi connectivity index (χ0) is 26.5. The summed E-state index contributed by atoms with van der Waals surface area (Å²) in [5.74, 6) is -0.513. The molecule has 0 saturated heterocycles. The molecule has 0 bridgehead atoms. The number of carbonyl (C=O) groups excluding carboxylic acids is 2. The minimum Gasteiger partial charge on any atom is -0.494 e. The number of aliphatic carboxylic acids is 1. The van der Waals surface area contributed by atoms with Crippen molar-refractivity contribution in [3.05, 3.63) is 88.9 Å². The van der Waals surface area contributed by atoms with Crippen LogP contribution in [0.15, 0.2) is 72.8 Å². The Kier molecular flexibility index (Phi) is 8.14. The van der Waals surface area contributed by atoms with Gasteiger partial charge in [0.2, 0.25) is 5.91 Å². The van der Waals surface area contributed by atoms with Gasteiger partial charge >= 0.3 is 5.97 Å². The first-order chi connectivity index (χ1) is 17.8. The summed E-state index contributed by atoms with van der Waals surface area (Å²) in [5, 5.41) is 9.34. The summed E-state index contributed by atoms with van der Waals surface area (Å²) in [6.07, 6.45) is 1.02. The standard InChI is InChI=1S/C29H29ClN2O5/c1-19-18-27(32(20(2)33)23-13-11-22(30)12-14-23)25-6-3-4-7-26(25)31(19)29(36)21-9-15-24(16-10-21)37-17-5-8-28(34)35/h3-4,6-7,9-16,19,27H,5,8,17-18H2,1-2H3,(H,34,35)/t19-,27+/m0/s1. The molecule has 0 saturated carbocycles. The van der Waals surface area contributed by atoms with Crippen LogP contribution in [0.4, 0.5) is 11.4 Å². The van der Waals surface area contributed by atoms with Crippen LogP contribution < -0.4 is 14.5 Å². The molecule has 37 heavy (non-hydrogen) atoms. The molecule has 3 aromatic carbocycles. The number of carboxylic acid groups (broad SMARTS) is 1. The molecule has 0 radical (unpaired) electrons. The minimum absolute atomic E-state index is 0.0445. The van der Waals surface area contributed by atoms with Crippen LogP contribution in [-0.4, -0.2) is 35.5 Å². The van der Waals surface area contributed by atoms with Crippen LogP contribution in [0.5, 0.6) is 5.75 Å². The van der Waals surface area contributed by atoms with E-state index in [4.69, 9.17) is 21.4 Å². The fraction of sp³-hybridized carbons (Fsp3) is 0.276. The smallest absolute Gasteiger partial charge is 0.303 e. The van der Waals surface area contributed by atoms with Crippen molar-refractivity contribution in [2.75, 3.05) is 16.4 Å². The molecule has 192 valence electrons. The highest BCUT2D eigenvalue weighted by Gasteiger charge is 2.38. The molecular weight excluding hydrogens is 492 g/mol. The van der Waals surface area contributed by atoms with Gasteiger partial charge in [0.1, 0.15) is 5.75 Å². The Labute approximate surface area is 221 Å². The number of ether oxygens (including phenoxy) is 1. The zero-order valence-electron chi connectivity index (χ0n) is 20.8. The van der Waals surface area contributed by atoms with Crippen molar-refractivity contribution in [3.63, 3.8) is 0 Å². The Morgan fingerprint density at radius 1 is 1.03 bits per heavy atom. The highest BCUT2D eigenvalue weighted by molar-refractivity contribution is 6.30. The van der Waals surface area contributed by atoms with Gasteiger partial charge in [-0.3, -0.25) is 14.4 Å². The van der Waals surface area contributed by atoms with Gasteiger partial charge in [-0.1, -0.05) is 29.8 Å². The molecule has 7 nitrogen and oxygen atoms in total. The zero-order valence-corrected chi connectivity index (χ0v) is 21.5. The summed E-state index contributed by atoms with van der Waals surface area (Å²) in [6.45, 7) is 3.82. The summed E-state index contributed by atoms with van der Waals surface area (Å²) in [4.78, 5) is 40.7. The molecule has 2 atom stereocenters. The maximum Gasteiger partial charge on any atom is 0.303 e. The Bertz CT molecular complexity index is 1280. The van der Waals surface area contributed by atoms with E-state index in [1.807, 2.05) is 43.3 Å². The lowest BCUT2D eigenvalue weighted by Gasteiger charge is -2.43. The van der Waals surface area contributed by atoms with Crippen LogP contribution >= 0.6 is 11.6 Å². The average molecular weight is 521 g/mol. The number of anilines is 2. The number of carboxylic acids is 1. The van der Waals surface area contributed by atoms with Crippen LogP contribution in [0.25, 0.3) is 0 Å². The molecule has 8 heteroatoms. The van der Waals surface area contributed by atoms with Crippen molar-refractivity contribution in [1.82, 2.24) is 0 Å². The minimum atomic E-state index is -0.859. The van der Waals surface area contributed by atoms with Crippen molar-refractivity contribution in [3.8, 4) is 5.75 Å². The number of amides is 2. The third-order valence-electron chi connectivity index (χ3n) is 6.44. The SMILES string of the molecule is CC(=O)N(c1ccc(Cl)cc1)[C@@H]1C[C@H](C)N(C(=O)c2ccc(OCCCC(=O)O)cc2)c2ccccc21. The number of hydrogen-bond acceptors (Lipinski definition) is 4. The van der Waals surface area contributed by atoms with Gasteiger partial charge in [0.25, 0.3) is 5.91 Å². The van der Waals surface area contributed by atoms with Gasteiger partial charge in [-0.15, -0.1) is 0 Å². The fourth-order valence-electron chi connectivity index (χ4n) is 4.76. The van der Waals surface area contributed by atoms with E-state index in [1.54, 1.807) is 53.1 Å². The van der Waals surface area contributed by atoms with Crippen molar-refractivity contribution in [2.45, 2.75) is 45.2 Å². The van der Waals surface area contributed by atoms with Crippen LogP contribution in [0.1, 0.15) is 55.1 Å². The second-order valence-corrected chi connectivity index (χ2v) is 9.51. The second kappa shape index (κ2) is 11.5. The van der Waals surface area contributed by atoms with Gasteiger partial charge in [-0.2, -0.15) is 0 Å². The van der Waals surface area contributed by atoms with Gasteiger partial charge in [0.15, 0.2) is 0 Å². The molecule has 3 aromatic rings. The molecule has 1 heterocycles. The molecule has 4 rings (SSSR count). The molecule has 0 aromatic heterocycles. The topological polar surface area (TPSA) is 87.2 Å². The first-order valence-electron chi connectivity index (χ1n) is 12.2. The monoisotopic (exact) mass is 520 g/mol. The summed E-state index contributed by atoms with van der Waals surface area (Å²) in [7, 11) is 0. The first-order valence-corrected chi connectivity index (χ1v) is 12.6. The van der Waals surface area contributed by atoms with E-state index in [9.17, 15) is 14.4 Å². The molecule has 1 aliphatic rings. The van der Waals surface area contributed by atoms with Crippen molar-refractivity contribution >= 4 is 40.8 Å². The molecule has 0 aliphatic carbocycles. The van der Waals surface area contributed by atoms with Gasteiger partial charge in [0.05, 0.1) is 12.6 Å². The van der Waals surface area contributed by atoms with E-state index in [0.717, 1.165) is 16.9 Å². The lowest BCUT2D eigenvalue weighted by atomic mass is 9.89. The summed E-state index contributed by atoms with van der Waals surface area (Å²) >= 11 is 6.07. The molecule has 1 aliphatic heterocycles. The molecule has 0 unspecified atom stereocenters. The number of halogens is 1. The summed E-state index contributed by atoms with van der Waals surface area (Å²) < 4.78 is 5.59. The van der Waals surface area contributed by atoms with E-state index in [1.165, 1.54) is 0 Å². The van der Waals surface area contributed by atoms with Crippen LogP contribution in [0, 0.1) is 0 Å². The van der Waals surface area contributed by atoms with E-state index < -0.39 is 5.97 Å². The van der Waals surface area contributed by atoms with Crippen LogP contribution in [-0.2, 0) is 9.59 Å². The van der Waals surface area contributed by atoms with Gasteiger partial charge in [-0.05, 0) is 79.9 Å². The highest BCUT2D eigenvalue weighted by atomic mass is 35.5. The Hall–Kier alpha value is -3.84. The number of nitrogens with zero attached hydrogens (tertiary/aromatic N) is 2. The predicted molar refractivity (Wildman–Crippen MR) is 143 cm³/mol. The third-order valence-corrected chi connectivity index (χ3v) is 6.69. The maximum absolute atomic E-state index is 13.7. The summed E-state index contributed by atoms with van der Waals surface area (Å²) in [6, 6.07) is 21.3. The van der Waals surface area contributed by atoms with E-state index >= 15 is 0 Å². The van der Waals surface area contributed by atoms with Crippen molar-refractivity contribution in [2.24, 2.45) is 0 Å². The van der Waals surface area contributed by atoms with Gasteiger partial charge in [-0.25, -0.2) is 0 Å². The summed E-state index contributed by atoms with van der Waals surface area (Å²) in [5.41, 5.74) is 2.93. The Morgan fingerprint density at radius 2 is 1.70 bits per heavy atom. The largest absolute Gasteiger partial charge is 0.494 e. The maximum atomic E-state index is 13.7. The second-order valence-electron chi connectivity index (χ2n) is 9.07. The highest BCUT2D eigenvalue weighted by Crippen LogP contribution is 2.42. The van der Waals surface area contributed by atoms with E-state index in [2.05, 4.69) is 0 Å². The lowest BCUT2D eigenvalue weighted by molar-refractivity contribution is -0.137. The lowest BCUT2D eigenvalue weighted by Crippen LogP contribution is -2.47. The average Bonchev–Trinajstić information content (AvgIpc) is 2.88. The predicted octanol–water partition coefficient (Wildman–Crippen LogP) is 6.12. The molecule has 0 fully saturated rings. The van der Waals surface area contributed by atoms with E-state index in [0.29, 0.717) is 29.2 Å². The first kappa shape index (κ1) is 26.2. The van der Waals surface area contributed by atoms with Crippen LogP contribution in [0.2, 0.25) is 5.02 Å². The van der Waals surface area contributed by atoms with Crippen molar-refractivity contribution in [1.29, 1.82) is 0 Å². The molecule has 0 spiro atoms. The number of fused-ring (bicyclic) bond motifs is 1. The number of carbonyl (C=O) groups is 3. The normalized spacial score (nSPS) is 16.6. The number of benzene rings is 3. The fourth-order valence-corrected chi connectivity index (χ4v) is 4.89. The molecule has 2 amide bonds. The number of hydrogen-bond donors (Lipinski definition) is 1. The van der Waals surface area contributed by atoms with Crippen molar-refractivity contribution < 1.29 is 24.2 Å². The quantitative estimate of drug-likeness (QED) is 0.362. The van der Waals surface area contributed by atoms with E-state index in [-0.39, 0.29) is 36.9 Å².